The predicted octanol–water partition coefficient (Wildman–Crippen LogP) is 22.4. The molecule has 0 bridgehead atoms. The Morgan fingerprint density at radius 3 is 0.904 bits per heavy atom. The molecule has 0 atom stereocenters. The summed E-state index contributed by atoms with van der Waals surface area (Å²) in [4.78, 5) is 4.84. The molecular formula is C80H55N3. The smallest absolute Gasteiger partial charge is 0.0625 e. The molecule has 0 aliphatic heterocycles. The van der Waals surface area contributed by atoms with Crippen molar-refractivity contribution < 1.29 is 0 Å². The van der Waals surface area contributed by atoms with Gasteiger partial charge in [-0.15, -0.1) is 0 Å². The average Bonchev–Trinajstić information content (AvgIpc) is 2.83. The van der Waals surface area contributed by atoms with Crippen molar-refractivity contribution in [1.82, 2.24) is 4.57 Å². The number of anilines is 6. The van der Waals surface area contributed by atoms with Gasteiger partial charge in [0.25, 0.3) is 0 Å². The number of benzene rings is 14. The summed E-state index contributed by atoms with van der Waals surface area (Å²) in [6.07, 6.45) is 0. The van der Waals surface area contributed by atoms with Crippen molar-refractivity contribution in [3.8, 4) is 61.3 Å². The van der Waals surface area contributed by atoms with Crippen molar-refractivity contribution in [2.75, 3.05) is 9.80 Å². The Labute approximate surface area is 484 Å². The molecule has 0 N–H and O–H groups in total. The number of para-hydroxylation sites is 1. The maximum atomic E-state index is 2.48. The van der Waals surface area contributed by atoms with Gasteiger partial charge < -0.3 is 14.4 Å². The lowest BCUT2D eigenvalue weighted by atomic mass is 9.95. The molecule has 15 aromatic rings. The first-order chi connectivity index (χ1) is 41.2. The second-order valence-electron chi connectivity index (χ2n) is 21.3. The van der Waals surface area contributed by atoms with Crippen LogP contribution >= 0.6 is 0 Å². The Bertz CT molecular complexity index is 4420. The molecular weight excluding hydrogens is 1000 g/mol. The highest BCUT2D eigenvalue weighted by atomic mass is 15.2. The molecule has 15 rings (SSSR count). The maximum Gasteiger partial charge on any atom is 0.0625 e. The van der Waals surface area contributed by atoms with E-state index in [1.54, 1.807) is 0 Å². The molecule has 3 heteroatoms. The fourth-order valence-corrected chi connectivity index (χ4v) is 12.4. The number of hydrogen-bond acceptors (Lipinski definition) is 2. The van der Waals surface area contributed by atoms with Crippen molar-refractivity contribution in [3.63, 3.8) is 0 Å². The molecule has 0 amide bonds. The van der Waals surface area contributed by atoms with E-state index in [2.05, 4.69) is 348 Å². The van der Waals surface area contributed by atoms with Gasteiger partial charge in [0.15, 0.2) is 0 Å². The van der Waals surface area contributed by atoms with E-state index in [1.807, 2.05) is 0 Å². The summed E-state index contributed by atoms with van der Waals surface area (Å²) in [6.45, 7) is 0. The molecule has 0 aliphatic rings. The highest BCUT2D eigenvalue weighted by Crippen LogP contribution is 2.47. The normalized spacial score (nSPS) is 11.4. The lowest BCUT2D eigenvalue weighted by Crippen LogP contribution is -2.13. The largest absolute Gasteiger partial charge is 0.310 e. The second kappa shape index (κ2) is 21.2. The number of nitrogens with zero attached hydrogens (tertiary/aromatic N) is 3. The predicted molar refractivity (Wildman–Crippen MR) is 352 cm³/mol. The molecule has 0 aliphatic carbocycles. The lowest BCUT2D eigenvalue weighted by Gasteiger charge is -2.31. The van der Waals surface area contributed by atoms with Crippen molar-refractivity contribution in [1.29, 1.82) is 0 Å². The molecule has 0 unspecified atom stereocenters. The van der Waals surface area contributed by atoms with Crippen molar-refractivity contribution in [2.45, 2.75) is 0 Å². The molecule has 0 spiro atoms. The minimum Gasteiger partial charge on any atom is -0.310 e. The molecule has 1 heterocycles. The third-order valence-electron chi connectivity index (χ3n) is 16.3. The monoisotopic (exact) mass is 1060 g/mol. The van der Waals surface area contributed by atoms with Gasteiger partial charge in [0, 0.05) is 56.0 Å². The molecule has 14 aromatic carbocycles. The van der Waals surface area contributed by atoms with Crippen LogP contribution in [0.15, 0.2) is 334 Å². The Morgan fingerprint density at radius 1 is 0.193 bits per heavy atom. The number of aromatic nitrogens is 1. The van der Waals surface area contributed by atoms with Crippen LogP contribution in [0.1, 0.15) is 0 Å². The van der Waals surface area contributed by atoms with Gasteiger partial charge in [0.1, 0.15) is 0 Å². The molecule has 1 aromatic heterocycles. The highest BCUT2D eigenvalue weighted by molar-refractivity contribution is 6.32. The van der Waals surface area contributed by atoms with Gasteiger partial charge in [-0.1, -0.05) is 243 Å². The van der Waals surface area contributed by atoms with E-state index in [0.717, 1.165) is 78.7 Å². The van der Waals surface area contributed by atoms with E-state index in [1.165, 1.54) is 60.1 Å². The Hall–Kier alpha value is -11.0. The van der Waals surface area contributed by atoms with E-state index in [9.17, 15) is 0 Å². The summed E-state index contributed by atoms with van der Waals surface area (Å²) in [5.41, 5.74) is 21.3. The Balaban J connectivity index is 0.992. The third kappa shape index (κ3) is 9.17. The molecule has 0 radical (unpaired) electrons. The average molecular weight is 1060 g/mol. The van der Waals surface area contributed by atoms with Crippen molar-refractivity contribution in [2.24, 2.45) is 0 Å². The minimum absolute atomic E-state index is 1.02. The summed E-state index contributed by atoms with van der Waals surface area (Å²) in [5, 5.41) is 7.40. The van der Waals surface area contributed by atoms with Crippen LogP contribution < -0.4 is 9.80 Å². The molecule has 0 saturated heterocycles. The molecule has 83 heavy (non-hydrogen) atoms. The quantitative estimate of drug-likeness (QED) is 0.113. The molecule has 0 saturated carbocycles. The van der Waals surface area contributed by atoms with Crippen molar-refractivity contribution in [3.05, 3.63) is 334 Å². The van der Waals surface area contributed by atoms with Gasteiger partial charge in [0.2, 0.25) is 0 Å². The number of hydrogen-bond donors (Lipinski definition) is 0. The summed E-state index contributed by atoms with van der Waals surface area (Å²) in [5.74, 6) is 0. The van der Waals surface area contributed by atoms with Gasteiger partial charge in [-0.25, -0.2) is 0 Å². The zero-order valence-electron chi connectivity index (χ0n) is 45.6. The zero-order valence-corrected chi connectivity index (χ0v) is 45.6. The SMILES string of the molecule is c1ccc(-c2ccc(N(c3ccc(-c4ccccc4)cc3)c3cc(-c4ccc5c(c4)c4c6ccccc6c6ccccc6c4n5-c4ccccc4)cc(N(c4ccc(-c5ccccc5)cc4)c4ccc(-c5ccccc5)cc4)c3)cc2)cc1. The summed E-state index contributed by atoms with van der Waals surface area (Å²) < 4.78 is 2.48. The standard InChI is InChI=1S/C80H55N3/c1-6-20-56(21-7-1)60-34-43-67(44-35-60)81(68-45-36-61(37-46-68)57-22-8-2-9-23-57)71-52-65(53-72(55-71)82(69-47-38-62(39-48-69)58-24-10-3-11-25-58)70-49-40-63(41-50-70)59-26-12-4-13-27-59)64-42-51-78-77(54-64)79-75-32-18-16-30-73(75)74-31-17-19-33-76(74)80(79)83(78)66-28-14-5-15-29-66/h1-55H. The first-order valence-electron chi connectivity index (χ1n) is 28.5. The molecule has 3 nitrogen and oxygen atoms in total. The van der Waals surface area contributed by atoms with Crippen LogP contribution in [0.25, 0.3) is 105 Å². The van der Waals surface area contributed by atoms with Crippen LogP contribution in [-0.4, -0.2) is 4.57 Å². The van der Waals surface area contributed by atoms with E-state index in [4.69, 9.17) is 0 Å². The first kappa shape index (κ1) is 49.1. The van der Waals surface area contributed by atoms with E-state index in [-0.39, 0.29) is 0 Å². The summed E-state index contributed by atoms with van der Waals surface area (Å²) in [7, 11) is 0. The number of fused-ring (bicyclic) bond motifs is 8. The van der Waals surface area contributed by atoms with E-state index in [0.29, 0.717) is 0 Å². The first-order valence-corrected chi connectivity index (χ1v) is 28.5. The topological polar surface area (TPSA) is 11.4 Å². The van der Waals surface area contributed by atoms with Crippen LogP contribution in [0.3, 0.4) is 0 Å². The summed E-state index contributed by atoms with van der Waals surface area (Å²) in [6, 6.07) is 122. The van der Waals surface area contributed by atoms with E-state index < -0.39 is 0 Å². The minimum atomic E-state index is 1.02. The van der Waals surface area contributed by atoms with Gasteiger partial charge in [-0.2, -0.15) is 0 Å². The zero-order chi connectivity index (χ0) is 55.1. The van der Waals surface area contributed by atoms with E-state index >= 15 is 0 Å². The van der Waals surface area contributed by atoms with Crippen molar-refractivity contribution >= 4 is 77.5 Å². The van der Waals surface area contributed by atoms with Gasteiger partial charge in [-0.3, -0.25) is 0 Å². The summed E-state index contributed by atoms with van der Waals surface area (Å²) >= 11 is 0. The fraction of sp³-hybridized carbons (Fsp3) is 0. The van der Waals surface area contributed by atoms with Gasteiger partial charge in [-0.05, 0) is 163 Å². The van der Waals surface area contributed by atoms with Gasteiger partial charge in [0.05, 0.1) is 11.0 Å². The second-order valence-corrected chi connectivity index (χ2v) is 21.3. The van der Waals surface area contributed by atoms with Gasteiger partial charge >= 0.3 is 0 Å². The number of rotatable bonds is 12. The Kier molecular flexibility index (Phi) is 12.6. The van der Waals surface area contributed by atoms with Crippen LogP contribution in [0, 0.1) is 0 Å². The van der Waals surface area contributed by atoms with Crippen LogP contribution in [0.2, 0.25) is 0 Å². The Morgan fingerprint density at radius 2 is 0.506 bits per heavy atom. The molecule has 0 fully saturated rings. The fourth-order valence-electron chi connectivity index (χ4n) is 12.4. The maximum absolute atomic E-state index is 2.48. The van der Waals surface area contributed by atoms with Crippen LogP contribution in [0.4, 0.5) is 34.1 Å². The third-order valence-corrected chi connectivity index (χ3v) is 16.3. The highest BCUT2D eigenvalue weighted by Gasteiger charge is 2.23. The van der Waals surface area contributed by atoms with Crippen LogP contribution in [0.5, 0.6) is 0 Å². The molecule has 390 valence electrons. The lowest BCUT2D eigenvalue weighted by molar-refractivity contribution is 1.19. The van der Waals surface area contributed by atoms with Crippen LogP contribution in [-0.2, 0) is 0 Å².